The molecule has 0 aliphatic carbocycles. The number of furan rings is 2. The molecule has 0 radical (unpaired) electrons. The van der Waals surface area contributed by atoms with Gasteiger partial charge in [0.05, 0.1) is 0 Å². The highest BCUT2D eigenvalue weighted by Crippen LogP contribution is 2.44. The molecule has 1 aliphatic heterocycles. The molecule has 0 amide bonds. The standard InChI is InChI=1S/C45H29N3O2Si/c1-51(2)38-21-10-7-17-33(38)41-39(51)25-34(40-32-16-6-9-20-36(32)50-42(40)41)45-47-43(27-22-23-30-29-15-5-8-19-35(29)49-37(30)24-27)46-44(48-45)31-18-11-13-26-12-3-4-14-28(26)31/h3-25H,1-2H3. The Kier molecular flexibility index (Phi) is 5.76. The normalized spacial score (nSPS) is 13.5. The molecule has 4 heterocycles. The van der Waals surface area contributed by atoms with E-state index in [4.69, 9.17) is 23.8 Å². The van der Waals surface area contributed by atoms with Crippen LogP contribution in [0.4, 0.5) is 0 Å². The van der Waals surface area contributed by atoms with Gasteiger partial charge in [-0.15, -0.1) is 0 Å². The monoisotopic (exact) mass is 671 g/mol. The summed E-state index contributed by atoms with van der Waals surface area (Å²) in [7, 11) is -2.09. The summed E-state index contributed by atoms with van der Waals surface area (Å²) in [5.41, 5.74) is 8.66. The minimum atomic E-state index is -2.09. The maximum Gasteiger partial charge on any atom is 0.164 e. The van der Waals surface area contributed by atoms with Gasteiger partial charge in [-0.25, -0.2) is 15.0 Å². The molecule has 7 aromatic carbocycles. The fourth-order valence-electron chi connectivity index (χ4n) is 8.26. The van der Waals surface area contributed by atoms with Crippen LogP contribution in [0, 0.1) is 0 Å². The smallest absolute Gasteiger partial charge is 0.164 e. The van der Waals surface area contributed by atoms with Crippen LogP contribution in [0.5, 0.6) is 0 Å². The van der Waals surface area contributed by atoms with E-state index in [0.29, 0.717) is 17.5 Å². The van der Waals surface area contributed by atoms with Gasteiger partial charge in [-0.2, -0.15) is 0 Å². The maximum atomic E-state index is 6.81. The van der Waals surface area contributed by atoms with Gasteiger partial charge in [0.1, 0.15) is 30.4 Å². The fraction of sp³-hybridized carbons (Fsp3) is 0.0444. The highest BCUT2D eigenvalue weighted by molar-refractivity contribution is 7.04. The Morgan fingerprint density at radius 2 is 1.08 bits per heavy atom. The number of hydrogen-bond acceptors (Lipinski definition) is 5. The molecule has 3 aromatic heterocycles. The summed E-state index contributed by atoms with van der Waals surface area (Å²) in [6.45, 7) is 4.86. The van der Waals surface area contributed by atoms with Crippen molar-refractivity contribution in [1.29, 1.82) is 0 Å². The third-order valence-electron chi connectivity index (χ3n) is 10.7. The van der Waals surface area contributed by atoms with Crippen molar-refractivity contribution in [2.75, 3.05) is 0 Å². The van der Waals surface area contributed by atoms with Crippen LogP contribution in [0.3, 0.4) is 0 Å². The Morgan fingerprint density at radius 1 is 0.451 bits per heavy atom. The number of hydrogen-bond donors (Lipinski definition) is 0. The van der Waals surface area contributed by atoms with Gasteiger partial charge in [0.25, 0.3) is 0 Å². The molecule has 0 N–H and O–H groups in total. The SMILES string of the molecule is C[Si]1(C)c2ccccc2-c2c1cc(-c1nc(-c3ccc4c(c3)oc3ccccc34)nc(-c3cccc4ccccc34)n1)c1c2oc2ccccc21. The zero-order valence-electron chi connectivity index (χ0n) is 27.9. The largest absolute Gasteiger partial charge is 0.456 e. The van der Waals surface area contributed by atoms with E-state index in [-0.39, 0.29) is 0 Å². The second kappa shape index (κ2) is 10.3. The summed E-state index contributed by atoms with van der Waals surface area (Å²) in [5, 5.41) is 9.21. The summed E-state index contributed by atoms with van der Waals surface area (Å²) < 4.78 is 13.1. The van der Waals surface area contributed by atoms with Crippen molar-refractivity contribution in [2.24, 2.45) is 0 Å². The van der Waals surface area contributed by atoms with Crippen LogP contribution in [-0.2, 0) is 0 Å². The average molecular weight is 672 g/mol. The van der Waals surface area contributed by atoms with E-state index >= 15 is 0 Å². The predicted molar refractivity (Wildman–Crippen MR) is 210 cm³/mol. The Bertz CT molecular complexity index is 3080. The first-order chi connectivity index (χ1) is 25.0. The molecule has 0 unspecified atom stereocenters. The summed E-state index contributed by atoms with van der Waals surface area (Å²) in [6, 6.07) is 48.6. The predicted octanol–water partition coefficient (Wildman–Crippen LogP) is 10.6. The Labute approximate surface area is 293 Å². The van der Waals surface area contributed by atoms with E-state index in [1.807, 2.05) is 24.3 Å². The topological polar surface area (TPSA) is 65.0 Å². The van der Waals surface area contributed by atoms with Gasteiger partial charge in [-0.1, -0.05) is 122 Å². The van der Waals surface area contributed by atoms with Crippen molar-refractivity contribution < 1.29 is 8.83 Å². The van der Waals surface area contributed by atoms with Crippen LogP contribution in [0.15, 0.2) is 148 Å². The third kappa shape index (κ3) is 4.05. The molecule has 0 atom stereocenters. The summed E-state index contributed by atoms with van der Waals surface area (Å²) in [4.78, 5) is 15.8. The molecule has 11 rings (SSSR count). The van der Waals surface area contributed by atoms with Gasteiger partial charge in [0.15, 0.2) is 17.5 Å². The van der Waals surface area contributed by atoms with Crippen LogP contribution in [-0.4, -0.2) is 23.0 Å². The minimum absolute atomic E-state index is 0.589. The van der Waals surface area contributed by atoms with Gasteiger partial charge >= 0.3 is 0 Å². The molecule has 0 saturated carbocycles. The molecule has 0 bridgehead atoms. The molecular formula is C45H29N3O2Si. The molecule has 240 valence electrons. The van der Waals surface area contributed by atoms with Gasteiger partial charge in [0, 0.05) is 43.8 Å². The van der Waals surface area contributed by atoms with Gasteiger partial charge < -0.3 is 8.83 Å². The number of benzene rings is 7. The number of fused-ring (bicyclic) bond motifs is 11. The molecule has 5 nitrogen and oxygen atoms in total. The van der Waals surface area contributed by atoms with Crippen LogP contribution in [0.25, 0.3) is 99.9 Å². The molecule has 0 saturated heterocycles. The number of aromatic nitrogens is 3. The summed E-state index contributed by atoms with van der Waals surface area (Å²) >= 11 is 0. The molecule has 1 aliphatic rings. The molecule has 51 heavy (non-hydrogen) atoms. The Morgan fingerprint density at radius 3 is 1.94 bits per heavy atom. The van der Waals surface area contributed by atoms with Gasteiger partial charge in [-0.05, 0) is 57.0 Å². The summed E-state index contributed by atoms with van der Waals surface area (Å²) in [6.07, 6.45) is 0. The van der Waals surface area contributed by atoms with E-state index in [1.54, 1.807) is 0 Å². The average Bonchev–Trinajstić information content (AvgIpc) is 3.82. The van der Waals surface area contributed by atoms with Crippen molar-refractivity contribution in [3.05, 3.63) is 140 Å². The van der Waals surface area contributed by atoms with E-state index in [0.717, 1.165) is 71.3 Å². The quantitative estimate of drug-likeness (QED) is 0.175. The van der Waals surface area contributed by atoms with Crippen LogP contribution in [0.2, 0.25) is 13.1 Å². The van der Waals surface area contributed by atoms with Crippen molar-refractivity contribution >= 4 is 73.1 Å². The number of para-hydroxylation sites is 2. The minimum Gasteiger partial charge on any atom is -0.456 e. The highest BCUT2D eigenvalue weighted by Gasteiger charge is 2.40. The van der Waals surface area contributed by atoms with E-state index in [9.17, 15) is 0 Å². The fourth-order valence-corrected chi connectivity index (χ4v) is 11.3. The van der Waals surface area contributed by atoms with Crippen molar-refractivity contribution in [3.8, 4) is 45.3 Å². The van der Waals surface area contributed by atoms with E-state index in [1.165, 1.54) is 21.5 Å². The van der Waals surface area contributed by atoms with E-state index in [2.05, 4.69) is 128 Å². The number of rotatable bonds is 3. The highest BCUT2D eigenvalue weighted by atomic mass is 28.3. The van der Waals surface area contributed by atoms with Crippen molar-refractivity contribution in [3.63, 3.8) is 0 Å². The molecular weight excluding hydrogens is 643 g/mol. The Balaban J connectivity index is 1.24. The van der Waals surface area contributed by atoms with Gasteiger partial charge in [-0.3, -0.25) is 0 Å². The second-order valence-corrected chi connectivity index (χ2v) is 18.3. The third-order valence-corrected chi connectivity index (χ3v) is 14.3. The first-order valence-corrected chi connectivity index (χ1v) is 20.3. The Hall–Kier alpha value is -6.37. The van der Waals surface area contributed by atoms with Crippen LogP contribution in [0.1, 0.15) is 0 Å². The van der Waals surface area contributed by atoms with Crippen molar-refractivity contribution in [1.82, 2.24) is 15.0 Å². The molecule has 10 aromatic rings. The zero-order chi connectivity index (χ0) is 33.8. The first kappa shape index (κ1) is 28.5. The van der Waals surface area contributed by atoms with Crippen LogP contribution >= 0.6 is 0 Å². The van der Waals surface area contributed by atoms with E-state index < -0.39 is 8.07 Å². The van der Waals surface area contributed by atoms with Gasteiger partial charge in [0.2, 0.25) is 0 Å². The maximum absolute atomic E-state index is 6.81. The lowest BCUT2D eigenvalue weighted by Crippen LogP contribution is -2.49. The second-order valence-electron chi connectivity index (χ2n) is 14.0. The first-order valence-electron chi connectivity index (χ1n) is 17.3. The van der Waals surface area contributed by atoms with Crippen molar-refractivity contribution in [2.45, 2.75) is 13.1 Å². The molecule has 0 spiro atoms. The lowest BCUT2D eigenvalue weighted by molar-refractivity contribution is 0.669. The lowest BCUT2D eigenvalue weighted by atomic mass is 9.98. The zero-order valence-corrected chi connectivity index (χ0v) is 28.9. The van der Waals surface area contributed by atoms with Crippen LogP contribution < -0.4 is 10.4 Å². The molecule has 0 fully saturated rings. The molecule has 6 heteroatoms. The number of nitrogens with zero attached hydrogens (tertiary/aromatic N) is 3. The summed E-state index contributed by atoms with van der Waals surface area (Å²) in [5.74, 6) is 1.83. The lowest BCUT2D eigenvalue weighted by Gasteiger charge is -2.19.